The van der Waals surface area contributed by atoms with Crippen molar-refractivity contribution in [1.82, 2.24) is 19.2 Å². The highest BCUT2D eigenvalue weighted by molar-refractivity contribution is 7.99. The summed E-state index contributed by atoms with van der Waals surface area (Å²) >= 11 is 1.20. The fourth-order valence-corrected chi connectivity index (χ4v) is 4.02. The van der Waals surface area contributed by atoms with E-state index in [9.17, 15) is 9.59 Å². The Morgan fingerprint density at radius 3 is 2.44 bits per heavy atom. The van der Waals surface area contributed by atoms with Crippen LogP contribution in [0.3, 0.4) is 0 Å². The van der Waals surface area contributed by atoms with Gasteiger partial charge in [-0.1, -0.05) is 23.9 Å². The second kappa shape index (κ2) is 9.15. The summed E-state index contributed by atoms with van der Waals surface area (Å²) in [5.74, 6) is 1.59. The van der Waals surface area contributed by atoms with Crippen molar-refractivity contribution in [2.45, 2.75) is 5.16 Å². The van der Waals surface area contributed by atoms with Crippen LogP contribution < -0.4 is 19.8 Å². The molecule has 2 heterocycles. The summed E-state index contributed by atoms with van der Waals surface area (Å²) < 4.78 is 18.8. The third-order valence-corrected chi connectivity index (χ3v) is 5.77. The first kappa shape index (κ1) is 21.4. The molecule has 10 heteroatoms. The van der Waals surface area contributed by atoms with Gasteiger partial charge in [-0.15, -0.1) is 10.2 Å². The first-order valence-electron chi connectivity index (χ1n) is 9.55. The number of rotatable bonds is 8. The smallest absolute Gasteiger partial charge is 0.300 e. The predicted octanol–water partition coefficient (Wildman–Crippen LogP) is 2.88. The number of fused-ring (bicyclic) bond motifs is 1. The Morgan fingerprint density at radius 2 is 1.69 bits per heavy atom. The summed E-state index contributed by atoms with van der Waals surface area (Å²) in [6.45, 7) is 0. The van der Waals surface area contributed by atoms with Crippen LogP contribution in [0.4, 0.5) is 0 Å². The minimum Gasteiger partial charge on any atom is -0.495 e. The molecule has 2 aromatic carbocycles. The maximum absolute atomic E-state index is 13.0. The van der Waals surface area contributed by atoms with E-state index < -0.39 is 0 Å². The lowest BCUT2D eigenvalue weighted by Crippen LogP contribution is -2.20. The highest BCUT2D eigenvalue weighted by atomic mass is 32.2. The predicted molar refractivity (Wildman–Crippen MR) is 120 cm³/mol. The van der Waals surface area contributed by atoms with E-state index in [4.69, 9.17) is 14.2 Å². The quantitative estimate of drug-likeness (QED) is 0.297. The normalized spacial score (nSPS) is 10.8. The first-order valence-corrected chi connectivity index (χ1v) is 10.5. The second-order valence-corrected chi connectivity index (χ2v) is 7.55. The number of carbonyl (C=O) groups excluding carboxylic acids is 1. The summed E-state index contributed by atoms with van der Waals surface area (Å²) in [7, 11) is 4.60. The molecule has 4 aromatic rings. The molecule has 0 fully saturated rings. The molecule has 0 spiro atoms. The van der Waals surface area contributed by atoms with Gasteiger partial charge >= 0.3 is 5.56 Å². The number of thioether (sulfide) groups is 1. The van der Waals surface area contributed by atoms with Crippen molar-refractivity contribution in [3.05, 3.63) is 70.8 Å². The molecule has 0 bridgehead atoms. The van der Waals surface area contributed by atoms with E-state index in [1.54, 1.807) is 54.2 Å². The van der Waals surface area contributed by atoms with E-state index in [0.29, 0.717) is 33.7 Å². The van der Waals surface area contributed by atoms with Crippen molar-refractivity contribution in [3.63, 3.8) is 0 Å². The molecule has 0 amide bonds. The van der Waals surface area contributed by atoms with Gasteiger partial charge in [0.15, 0.2) is 22.4 Å². The number of Topliss-reactive ketones (excluding diaryl/α,β-unsaturated/α-hetero) is 1. The third kappa shape index (κ3) is 3.92. The number of hydrogen-bond donors (Lipinski definition) is 0. The molecular weight excluding hydrogens is 432 g/mol. The van der Waals surface area contributed by atoms with Crippen LogP contribution in [-0.2, 0) is 0 Å². The highest BCUT2D eigenvalue weighted by Gasteiger charge is 2.16. The van der Waals surface area contributed by atoms with E-state index in [2.05, 4.69) is 10.2 Å². The molecule has 0 atom stereocenters. The van der Waals surface area contributed by atoms with Crippen molar-refractivity contribution in [2.24, 2.45) is 0 Å². The van der Waals surface area contributed by atoms with Crippen molar-refractivity contribution in [2.75, 3.05) is 27.1 Å². The first-order chi connectivity index (χ1) is 15.6. The highest BCUT2D eigenvalue weighted by Crippen LogP contribution is 2.28. The van der Waals surface area contributed by atoms with Crippen LogP contribution in [0.2, 0.25) is 0 Å². The van der Waals surface area contributed by atoms with Gasteiger partial charge in [0.1, 0.15) is 5.75 Å². The molecule has 164 valence electrons. The summed E-state index contributed by atoms with van der Waals surface area (Å²) in [5, 5.41) is 8.57. The largest absolute Gasteiger partial charge is 0.495 e. The van der Waals surface area contributed by atoms with Gasteiger partial charge in [-0.25, -0.2) is 0 Å². The molecule has 0 N–H and O–H groups in total. The van der Waals surface area contributed by atoms with E-state index in [-0.39, 0.29) is 22.7 Å². The van der Waals surface area contributed by atoms with Gasteiger partial charge in [0, 0.05) is 18.0 Å². The number of nitrogens with zero attached hydrogens (tertiary/aromatic N) is 4. The Labute approximate surface area is 187 Å². The molecule has 0 aliphatic carbocycles. The van der Waals surface area contributed by atoms with E-state index in [1.807, 2.05) is 12.1 Å². The van der Waals surface area contributed by atoms with Crippen LogP contribution in [-0.4, -0.2) is 52.0 Å². The number of hydrogen-bond acceptors (Lipinski definition) is 8. The van der Waals surface area contributed by atoms with Crippen LogP contribution >= 0.6 is 11.8 Å². The van der Waals surface area contributed by atoms with Gasteiger partial charge in [0.25, 0.3) is 0 Å². The van der Waals surface area contributed by atoms with Crippen LogP contribution in [0, 0.1) is 0 Å². The van der Waals surface area contributed by atoms with E-state index >= 15 is 0 Å². The molecular formula is C22H20N4O5S. The van der Waals surface area contributed by atoms with Crippen molar-refractivity contribution < 1.29 is 19.0 Å². The topological polar surface area (TPSA) is 97.0 Å². The van der Waals surface area contributed by atoms with Crippen molar-refractivity contribution in [3.8, 4) is 22.9 Å². The minimum atomic E-state index is -0.345. The molecule has 9 nitrogen and oxygen atoms in total. The molecule has 0 saturated carbocycles. The molecule has 0 aliphatic rings. The van der Waals surface area contributed by atoms with Gasteiger partial charge in [-0.2, -0.15) is 0 Å². The lowest BCUT2D eigenvalue weighted by Gasteiger charge is -2.10. The van der Waals surface area contributed by atoms with Gasteiger partial charge in [-0.05, 0) is 30.3 Å². The zero-order chi connectivity index (χ0) is 22.7. The Hall–Kier alpha value is -3.79. The fourth-order valence-electron chi connectivity index (χ4n) is 3.21. The van der Waals surface area contributed by atoms with Gasteiger partial charge in [0.2, 0.25) is 5.65 Å². The Morgan fingerprint density at radius 1 is 0.938 bits per heavy atom. The van der Waals surface area contributed by atoms with E-state index in [0.717, 1.165) is 0 Å². The summed E-state index contributed by atoms with van der Waals surface area (Å²) in [4.78, 5) is 25.6. The molecule has 4 rings (SSSR count). The van der Waals surface area contributed by atoms with Crippen LogP contribution in [0.1, 0.15) is 10.4 Å². The molecule has 0 saturated heterocycles. The molecule has 0 radical (unpaired) electrons. The maximum Gasteiger partial charge on any atom is 0.300 e. The lowest BCUT2D eigenvalue weighted by atomic mass is 10.1. The van der Waals surface area contributed by atoms with Gasteiger partial charge in [0.05, 0.1) is 32.8 Å². The number of ether oxygens (including phenoxy) is 3. The number of benzene rings is 2. The number of aromatic nitrogens is 4. The summed E-state index contributed by atoms with van der Waals surface area (Å²) in [6, 6.07) is 12.2. The summed E-state index contributed by atoms with van der Waals surface area (Å²) in [6.07, 6.45) is 3.31. The lowest BCUT2D eigenvalue weighted by molar-refractivity contribution is 0.102. The molecule has 0 aliphatic heterocycles. The Kier molecular flexibility index (Phi) is 6.13. The Bertz CT molecular complexity index is 1350. The monoisotopic (exact) mass is 452 g/mol. The average molecular weight is 452 g/mol. The zero-order valence-corrected chi connectivity index (χ0v) is 18.5. The third-order valence-electron chi connectivity index (χ3n) is 4.82. The zero-order valence-electron chi connectivity index (χ0n) is 17.6. The van der Waals surface area contributed by atoms with Crippen LogP contribution in [0.15, 0.2) is 64.8 Å². The number of methoxy groups -OCH3 is 3. The van der Waals surface area contributed by atoms with Gasteiger partial charge < -0.3 is 14.2 Å². The second-order valence-electron chi connectivity index (χ2n) is 6.60. The number of ketones is 1. The standard InChI is InChI=1S/C22H20N4O5S/c1-29-17-7-5-4-6-15(17)25-10-11-26-20(21(25)28)23-24-22(26)32-13-16(27)14-8-9-18(30-2)19(12-14)31-3/h4-12H,13H2,1-3H3. The SMILES string of the molecule is COc1ccc(C(=O)CSc2nnc3c(=O)n(-c4ccccc4OC)ccn23)cc1OC. The number of carbonyl (C=O) groups is 1. The molecule has 32 heavy (non-hydrogen) atoms. The summed E-state index contributed by atoms with van der Waals surface area (Å²) in [5.41, 5.74) is 0.896. The van der Waals surface area contributed by atoms with Crippen molar-refractivity contribution >= 4 is 23.2 Å². The van der Waals surface area contributed by atoms with Crippen molar-refractivity contribution in [1.29, 1.82) is 0 Å². The maximum atomic E-state index is 13.0. The average Bonchev–Trinajstić information content (AvgIpc) is 3.26. The minimum absolute atomic E-state index is 0.116. The van der Waals surface area contributed by atoms with Crippen LogP contribution in [0.25, 0.3) is 11.3 Å². The van der Waals surface area contributed by atoms with E-state index in [1.165, 1.54) is 30.5 Å². The van der Waals surface area contributed by atoms with Crippen LogP contribution in [0.5, 0.6) is 17.2 Å². The Balaban J connectivity index is 1.58. The molecule has 2 aromatic heterocycles. The molecule has 0 unspecified atom stereocenters. The van der Waals surface area contributed by atoms with Gasteiger partial charge in [-0.3, -0.25) is 18.6 Å². The fraction of sp³-hybridized carbons (Fsp3) is 0.182. The number of para-hydroxylation sites is 2.